The van der Waals surface area contributed by atoms with Crippen molar-refractivity contribution in [3.63, 3.8) is 0 Å². The molecule has 0 unspecified atom stereocenters. The molecule has 158 valence electrons. The van der Waals surface area contributed by atoms with Gasteiger partial charge in [0.25, 0.3) is 0 Å². The molecule has 2 N–H and O–H groups in total. The summed E-state index contributed by atoms with van der Waals surface area (Å²) < 4.78 is 16.8. The first-order valence-electron chi connectivity index (χ1n) is 10.1. The highest BCUT2D eigenvalue weighted by atomic mass is 16.5. The van der Waals surface area contributed by atoms with Gasteiger partial charge in [0.05, 0.1) is 38.7 Å². The van der Waals surface area contributed by atoms with E-state index in [9.17, 15) is 4.79 Å². The summed E-state index contributed by atoms with van der Waals surface area (Å²) in [6.07, 6.45) is 1.29. The Kier molecular flexibility index (Phi) is 5.10. The molecule has 4 rings (SSSR count). The molecular weight excluding hydrogens is 380 g/mol. The average Bonchev–Trinajstić information content (AvgIpc) is 2.87. The number of Topliss-reactive ketones (excluding diaryl/α,β-unsaturated/α-hetero) is 1. The first-order valence-corrected chi connectivity index (χ1v) is 10.1. The van der Waals surface area contributed by atoms with Gasteiger partial charge in [-0.2, -0.15) is 0 Å². The van der Waals surface area contributed by atoms with Crippen LogP contribution in [-0.4, -0.2) is 27.1 Å². The number of rotatable bonds is 4. The Bertz CT molecular complexity index is 1030. The van der Waals surface area contributed by atoms with Gasteiger partial charge < -0.3 is 24.8 Å². The van der Waals surface area contributed by atoms with Crippen molar-refractivity contribution in [1.82, 2.24) is 0 Å². The summed E-state index contributed by atoms with van der Waals surface area (Å²) in [5, 5.41) is 7.11. The first-order chi connectivity index (χ1) is 14.4. The molecular formula is C24H28N2O4. The summed E-state index contributed by atoms with van der Waals surface area (Å²) in [7, 11) is 4.78. The number of carbonyl (C=O) groups is 1. The molecule has 2 aromatic rings. The molecule has 1 aliphatic carbocycles. The maximum atomic E-state index is 13.4. The van der Waals surface area contributed by atoms with E-state index in [1.54, 1.807) is 21.3 Å². The smallest absolute Gasteiger partial charge is 0.203 e. The topological polar surface area (TPSA) is 68.8 Å². The van der Waals surface area contributed by atoms with E-state index in [0.717, 1.165) is 34.6 Å². The summed E-state index contributed by atoms with van der Waals surface area (Å²) in [5.74, 6) is 1.78. The van der Waals surface area contributed by atoms with Crippen LogP contribution in [0.2, 0.25) is 0 Å². The molecule has 1 aliphatic heterocycles. The number of fused-ring (bicyclic) bond motifs is 1. The van der Waals surface area contributed by atoms with E-state index in [2.05, 4.69) is 24.5 Å². The maximum absolute atomic E-state index is 13.4. The SMILES string of the molecule is COc1ccc([C@@H]2Nc3ccccc3NC3=C2C(=O)CC(C)(C)C3)c(OC)c1OC. The molecule has 1 atom stereocenters. The zero-order chi connectivity index (χ0) is 21.5. The third-order valence-corrected chi connectivity index (χ3v) is 5.77. The van der Waals surface area contributed by atoms with Crippen LogP contribution in [0.15, 0.2) is 47.7 Å². The molecule has 0 radical (unpaired) electrons. The highest BCUT2D eigenvalue weighted by molar-refractivity contribution is 6.01. The van der Waals surface area contributed by atoms with Crippen LogP contribution in [0, 0.1) is 5.41 Å². The predicted octanol–water partition coefficient (Wildman–Crippen LogP) is 4.93. The largest absolute Gasteiger partial charge is 0.493 e. The second-order valence-electron chi connectivity index (χ2n) is 8.50. The first kappa shape index (κ1) is 20.1. The molecule has 0 saturated heterocycles. The Morgan fingerprint density at radius 1 is 0.900 bits per heavy atom. The normalized spacial score (nSPS) is 19.6. The van der Waals surface area contributed by atoms with Crippen molar-refractivity contribution in [3.05, 3.63) is 53.2 Å². The van der Waals surface area contributed by atoms with Gasteiger partial charge in [0.2, 0.25) is 5.75 Å². The van der Waals surface area contributed by atoms with E-state index in [4.69, 9.17) is 14.2 Å². The maximum Gasteiger partial charge on any atom is 0.203 e. The summed E-state index contributed by atoms with van der Waals surface area (Å²) in [6.45, 7) is 4.26. The number of allylic oxidation sites excluding steroid dienone is 1. The van der Waals surface area contributed by atoms with Crippen LogP contribution in [0.3, 0.4) is 0 Å². The monoisotopic (exact) mass is 408 g/mol. The Morgan fingerprint density at radius 3 is 2.27 bits per heavy atom. The van der Waals surface area contributed by atoms with Gasteiger partial charge in [-0.05, 0) is 36.1 Å². The molecule has 0 saturated carbocycles. The minimum atomic E-state index is -0.380. The Hall–Kier alpha value is -3.15. The van der Waals surface area contributed by atoms with Gasteiger partial charge in [-0.25, -0.2) is 0 Å². The van der Waals surface area contributed by atoms with Crippen molar-refractivity contribution < 1.29 is 19.0 Å². The van der Waals surface area contributed by atoms with Crippen LogP contribution >= 0.6 is 0 Å². The number of anilines is 2. The standard InChI is InChI=1S/C24H28N2O4/c1-24(2)12-17-20(18(27)13-24)21(26-16-9-7-6-8-15(16)25-17)14-10-11-19(28-3)23(30-5)22(14)29-4/h6-11,21,25-26H,12-13H2,1-5H3/t21-/m0/s1. The van der Waals surface area contributed by atoms with Crippen molar-refractivity contribution >= 4 is 17.2 Å². The van der Waals surface area contributed by atoms with Crippen molar-refractivity contribution in [1.29, 1.82) is 0 Å². The summed E-state index contributed by atoms with van der Waals surface area (Å²) >= 11 is 0. The zero-order valence-electron chi connectivity index (χ0n) is 18.1. The number of nitrogens with one attached hydrogen (secondary N) is 2. The van der Waals surface area contributed by atoms with Crippen LogP contribution < -0.4 is 24.8 Å². The van der Waals surface area contributed by atoms with Crippen LogP contribution in [0.4, 0.5) is 11.4 Å². The molecule has 6 heteroatoms. The van der Waals surface area contributed by atoms with Crippen molar-refractivity contribution in [3.8, 4) is 17.2 Å². The van der Waals surface area contributed by atoms with Crippen LogP contribution in [0.1, 0.15) is 38.3 Å². The van der Waals surface area contributed by atoms with Crippen LogP contribution in [0.25, 0.3) is 0 Å². The quantitative estimate of drug-likeness (QED) is 0.747. The minimum absolute atomic E-state index is 0.103. The number of para-hydroxylation sites is 2. The van der Waals surface area contributed by atoms with Crippen LogP contribution in [-0.2, 0) is 4.79 Å². The van der Waals surface area contributed by atoms with E-state index < -0.39 is 0 Å². The van der Waals surface area contributed by atoms with E-state index in [0.29, 0.717) is 23.7 Å². The van der Waals surface area contributed by atoms with Gasteiger partial charge in [-0.3, -0.25) is 4.79 Å². The lowest BCUT2D eigenvalue weighted by molar-refractivity contribution is -0.118. The molecule has 30 heavy (non-hydrogen) atoms. The Labute approximate surface area is 177 Å². The molecule has 0 bridgehead atoms. The Balaban J connectivity index is 1.95. The molecule has 0 fully saturated rings. The number of methoxy groups -OCH3 is 3. The van der Waals surface area contributed by atoms with Crippen LogP contribution in [0.5, 0.6) is 17.2 Å². The zero-order valence-corrected chi connectivity index (χ0v) is 18.1. The second kappa shape index (κ2) is 7.59. The van der Waals surface area contributed by atoms with Gasteiger partial charge >= 0.3 is 0 Å². The third-order valence-electron chi connectivity index (χ3n) is 5.77. The third kappa shape index (κ3) is 3.36. The number of hydrogen-bond donors (Lipinski definition) is 2. The van der Waals surface area contributed by atoms with E-state index in [1.807, 2.05) is 36.4 Å². The van der Waals surface area contributed by atoms with Crippen molar-refractivity contribution in [2.24, 2.45) is 5.41 Å². The fourth-order valence-corrected chi connectivity index (χ4v) is 4.47. The van der Waals surface area contributed by atoms with E-state index in [-0.39, 0.29) is 17.2 Å². The highest BCUT2D eigenvalue weighted by Gasteiger charge is 2.40. The van der Waals surface area contributed by atoms with Gasteiger partial charge in [0, 0.05) is 23.3 Å². The number of ketones is 1. The fraction of sp³-hybridized carbons (Fsp3) is 0.375. The minimum Gasteiger partial charge on any atom is -0.493 e. The molecule has 2 aliphatic rings. The average molecular weight is 408 g/mol. The lowest BCUT2D eigenvalue weighted by Gasteiger charge is -2.34. The number of benzene rings is 2. The van der Waals surface area contributed by atoms with E-state index >= 15 is 0 Å². The highest BCUT2D eigenvalue weighted by Crippen LogP contribution is 2.49. The number of hydrogen-bond acceptors (Lipinski definition) is 6. The van der Waals surface area contributed by atoms with Crippen molar-refractivity contribution in [2.75, 3.05) is 32.0 Å². The Morgan fingerprint density at radius 2 is 1.60 bits per heavy atom. The van der Waals surface area contributed by atoms with Gasteiger partial charge in [0.15, 0.2) is 17.3 Å². The summed E-state index contributed by atoms with van der Waals surface area (Å²) in [5.41, 5.74) is 4.31. The van der Waals surface area contributed by atoms with E-state index in [1.165, 1.54) is 0 Å². The fourth-order valence-electron chi connectivity index (χ4n) is 4.47. The lowest BCUT2D eigenvalue weighted by atomic mass is 9.73. The number of carbonyl (C=O) groups excluding carboxylic acids is 1. The lowest BCUT2D eigenvalue weighted by Crippen LogP contribution is -2.31. The summed E-state index contributed by atoms with van der Waals surface area (Å²) in [6, 6.07) is 11.4. The number of ether oxygens (including phenoxy) is 3. The molecule has 0 amide bonds. The molecule has 0 aromatic heterocycles. The van der Waals surface area contributed by atoms with Crippen molar-refractivity contribution in [2.45, 2.75) is 32.7 Å². The molecule has 1 heterocycles. The van der Waals surface area contributed by atoms with Gasteiger partial charge in [0.1, 0.15) is 0 Å². The molecule has 0 spiro atoms. The van der Waals surface area contributed by atoms with Gasteiger partial charge in [-0.1, -0.05) is 26.0 Å². The molecule has 2 aromatic carbocycles. The summed E-state index contributed by atoms with van der Waals surface area (Å²) in [4.78, 5) is 13.4. The predicted molar refractivity (Wildman–Crippen MR) is 118 cm³/mol. The second-order valence-corrected chi connectivity index (χ2v) is 8.50. The molecule has 6 nitrogen and oxygen atoms in total. The van der Waals surface area contributed by atoms with Gasteiger partial charge in [-0.15, -0.1) is 0 Å².